The van der Waals surface area contributed by atoms with Gasteiger partial charge in [0.05, 0.1) is 12.5 Å². The molecule has 6 nitrogen and oxygen atoms in total. The van der Waals surface area contributed by atoms with E-state index in [0.29, 0.717) is 19.3 Å². The molecule has 0 radical (unpaired) electrons. The van der Waals surface area contributed by atoms with Gasteiger partial charge in [-0.3, -0.25) is 9.59 Å². The molecule has 2 atom stereocenters. The third-order valence-corrected chi connectivity index (χ3v) is 7.09. The number of cyclic esters (lactones) is 1. The van der Waals surface area contributed by atoms with Crippen molar-refractivity contribution < 1.29 is 23.9 Å². The number of carbonyl (C=O) groups excluding carboxylic acids is 3. The van der Waals surface area contributed by atoms with Gasteiger partial charge in [0.1, 0.15) is 12.2 Å². The molecule has 0 spiro atoms. The Bertz CT molecular complexity index is 1310. The first-order valence-electron chi connectivity index (χ1n) is 14.0. The Balaban J connectivity index is 1.46. The maximum atomic E-state index is 13.8. The molecular formula is C34H39NO5. The molecule has 0 aliphatic carbocycles. The molecule has 1 fully saturated rings. The monoisotopic (exact) mass is 541 g/mol. The number of nitrogens with zero attached hydrogens (tertiary/aromatic N) is 1. The van der Waals surface area contributed by atoms with Gasteiger partial charge < -0.3 is 9.47 Å². The van der Waals surface area contributed by atoms with E-state index in [1.54, 1.807) is 20.8 Å². The van der Waals surface area contributed by atoms with Crippen molar-refractivity contribution in [2.24, 2.45) is 5.92 Å². The van der Waals surface area contributed by atoms with Crippen LogP contribution in [0.25, 0.3) is 11.1 Å². The summed E-state index contributed by atoms with van der Waals surface area (Å²) in [5.74, 6) is -1.49. The molecule has 4 rings (SSSR count). The van der Waals surface area contributed by atoms with E-state index in [9.17, 15) is 14.4 Å². The number of aryl methyl sites for hydroxylation is 2. The second-order valence-corrected chi connectivity index (χ2v) is 11.5. The molecular weight excluding hydrogens is 502 g/mol. The summed E-state index contributed by atoms with van der Waals surface area (Å²) in [4.78, 5) is 40.5. The number of rotatable bonds is 10. The minimum atomic E-state index is -0.677. The average molecular weight is 542 g/mol. The van der Waals surface area contributed by atoms with E-state index in [1.165, 1.54) is 27.2 Å². The van der Waals surface area contributed by atoms with Crippen molar-refractivity contribution in [1.29, 1.82) is 0 Å². The van der Waals surface area contributed by atoms with Crippen LogP contribution in [0.4, 0.5) is 4.79 Å². The first-order chi connectivity index (χ1) is 19.1. The van der Waals surface area contributed by atoms with Crippen LogP contribution >= 0.6 is 0 Å². The SMILES string of the molecule is Cc1cc(CCC[C@H](CC(=O)OC(C)(C)C)C(=O)N2C(=O)OCC2Cc2ccccc2)ccc1-c1ccccc1. The number of benzene rings is 3. The van der Waals surface area contributed by atoms with Crippen LogP contribution < -0.4 is 0 Å². The Hall–Kier alpha value is -3.93. The summed E-state index contributed by atoms with van der Waals surface area (Å²) in [7, 11) is 0. The number of amides is 2. The zero-order valence-corrected chi connectivity index (χ0v) is 23.9. The van der Waals surface area contributed by atoms with Crippen LogP contribution in [-0.2, 0) is 31.9 Å². The van der Waals surface area contributed by atoms with Gasteiger partial charge in [0, 0.05) is 5.92 Å². The zero-order chi connectivity index (χ0) is 28.7. The largest absolute Gasteiger partial charge is 0.460 e. The molecule has 1 aliphatic heterocycles. The number of hydrogen-bond acceptors (Lipinski definition) is 5. The van der Waals surface area contributed by atoms with Crippen LogP contribution in [0.15, 0.2) is 78.9 Å². The van der Waals surface area contributed by atoms with Gasteiger partial charge in [-0.25, -0.2) is 9.69 Å². The van der Waals surface area contributed by atoms with Crippen LogP contribution in [0.3, 0.4) is 0 Å². The molecule has 0 N–H and O–H groups in total. The fourth-order valence-electron chi connectivity index (χ4n) is 5.24. The van der Waals surface area contributed by atoms with E-state index < -0.39 is 29.6 Å². The highest BCUT2D eigenvalue weighted by Gasteiger charge is 2.41. The molecule has 2 amide bonds. The quantitative estimate of drug-likeness (QED) is 0.261. The summed E-state index contributed by atoms with van der Waals surface area (Å²) in [5.41, 5.74) is 5.08. The molecule has 1 aliphatic rings. The van der Waals surface area contributed by atoms with Gasteiger partial charge in [-0.1, -0.05) is 78.9 Å². The van der Waals surface area contributed by atoms with Crippen LogP contribution in [0.1, 0.15) is 56.7 Å². The highest BCUT2D eigenvalue weighted by atomic mass is 16.6. The summed E-state index contributed by atoms with van der Waals surface area (Å²) in [5, 5.41) is 0. The van der Waals surface area contributed by atoms with Gasteiger partial charge in [0.2, 0.25) is 5.91 Å². The summed E-state index contributed by atoms with van der Waals surface area (Å²) >= 11 is 0. The van der Waals surface area contributed by atoms with E-state index in [0.717, 1.165) is 12.0 Å². The smallest absolute Gasteiger partial charge is 0.416 e. The lowest BCUT2D eigenvalue weighted by Crippen LogP contribution is -2.44. The second-order valence-electron chi connectivity index (χ2n) is 11.5. The molecule has 1 saturated heterocycles. The van der Waals surface area contributed by atoms with Crippen molar-refractivity contribution >= 4 is 18.0 Å². The summed E-state index contributed by atoms with van der Waals surface area (Å²) < 4.78 is 10.8. The zero-order valence-electron chi connectivity index (χ0n) is 23.9. The lowest BCUT2D eigenvalue weighted by Gasteiger charge is -2.26. The topological polar surface area (TPSA) is 72.9 Å². The maximum Gasteiger partial charge on any atom is 0.416 e. The molecule has 1 unspecified atom stereocenters. The van der Waals surface area contributed by atoms with Gasteiger partial charge in [0.15, 0.2) is 0 Å². The molecule has 0 saturated carbocycles. The van der Waals surface area contributed by atoms with Gasteiger partial charge >= 0.3 is 12.1 Å². The number of carbonyl (C=O) groups is 3. The van der Waals surface area contributed by atoms with Crippen molar-refractivity contribution in [2.45, 2.75) is 71.4 Å². The van der Waals surface area contributed by atoms with E-state index in [4.69, 9.17) is 9.47 Å². The number of imide groups is 1. The highest BCUT2D eigenvalue weighted by Crippen LogP contribution is 2.27. The molecule has 40 heavy (non-hydrogen) atoms. The number of ether oxygens (including phenoxy) is 2. The molecule has 0 aromatic heterocycles. The van der Waals surface area contributed by atoms with E-state index in [2.05, 4.69) is 37.3 Å². The lowest BCUT2D eigenvalue weighted by molar-refractivity contribution is -0.158. The first kappa shape index (κ1) is 29.1. The van der Waals surface area contributed by atoms with Gasteiger partial charge in [-0.2, -0.15) is 0 Å². The molecule has 3 aromatic rings. The van der Waals surface area contributed by atoms with Crippen molar-refractivity contribution in [2.75, 3.05) is 6.61 Å². The van der Waals surface area contributed by atoms with Crippen LogP contribution in [0, 0.1) is 12.8 Å². The van der Waals surface area contributed by atoms with E-state index in [1.807, 2.05) is 48.5 Å². The Kier molecular flexibility index (Phi) is 9.41. The summed E-state index contributed by atoms with van der Waals surface area (Å²) in [6.45, 7) is 7.66. The summed E-state index contributed by atoms with van der Waals surface area (Å²) in [6, 6.07) is 26.0. The minimum Gasteiger partial charge on any atom is -0.460 e. The van der Waals surface area contributed by atoms with Gasteiger partial charge in [-0.15, -0.1) is 0 Å². The molecule has 3 aromatic carbocycles. The maximum absolute atomic E-state index is 13.8. The minimum absolute atomic E-state index is 0.0795. The Labute approximate surface area is 237 Å². The second kappa shape index (κ2) is 12.9. The normalized spacial score (nSPS) is 15.9. The van der Waals surface area contributed by atoms with E-state index >= 15 is 0 Å². The van der Waals surface area contributed by atoms with Gasteiger partial charge in [0.25, 0.3) is 0 Å². The Morgan fingerprint density at radius 3 is 2.30 bits per heavy atom. The van der Waals surface area contributed by atoms with Crippen molar-refractivity contribution in [3.8, 4) is 11.1 Å². The van der Waals surface area contributed by atoms with Crippen LogP contribution in [0.2, 0.25) is 0 Å². The predicted octanol–water partition coefficient (Wildman–Crippen LogP) is 6.92. The Morgan fingerprint density at radius 1 is 0.975 bits per heavy atom. The fourth-order valence-corrected chi connectivity index (χ4v) is 5.24. The van der Waals surface area contributed by atoms with Gasteiger partial charge in [-0.05, 0) is 81.2 Å². The Morgan fingerprint density at radius 2 is 1.65 bits per heavy atom. The van der Waals surface area contributed by atoms with Crippen LogP contribution in [0.5, 0.6) is 0 Å². The predicted molar refractivity (Wildman–Crippen MR) is 156 cm³/mol. The highest BCUT2D eigenvalue weighted by molar-refractivity contribution is 5.96. The van der Waals surface area contributed by atoms with Crippen molar-refractivity contribution in [3.05, 3.63) is 95.6 Å². The molecule has 210 valence electrons. The van der Waals surface area contributed by atoms with Crippen molar-refractivity contribution in [1.82, 2.24) is 4.90 Å². The van der Waals surface area contributed by atoms with E-state index in [-0.39, 0.29) is 18.9 Å². The third kappa shape index (κ3) is 7.81. The molecule has 1 heterocycles. The summed E-state index contributed by atoms with van der Waals surface area (Å²) in [6.07, 6.45) is 1.68. The number of hydrogen-bond donors (Lipinski definition) is 0. The average Bonchev–Trinajstić information content (AvgIpc) is 3.27. The number of esters is 1. The van der Waals surface area contributed by atoms with Crippen molar-refractivity contribution in [3.63, 3.8) is 0 Å². The fraction of sp³-hybridized carbons (Fsp3) is 0.382. The first-order valence-corrected chi connectivity index (χ1v) is 14.0. The standard InChI is InChI=1S/C34H39NO5/c1-24-20-26(18-19-30(24)27-15-9-6-10-16-27)14-11-17-28(22-31(36)40-34(2,3)4)32(37)35-29(23-39-33(35)38)21-25-12-7-5-8-13-25/h5-10,12-13,15-16,18-20,28-29H,11,14,17,21-23H2,1-4H3/t28-,29?/m1/s1. The lowest BCUT2D eigenvalue weighted by atomic mass is 9.92. The van der Waals surface area contributed by atoms with Crippen LogP contribution in [-0.4, -0.2) is 41.1 Å². The third-order valence-electron chi connectivity index (χ3n) is 7.09. The molecule has 0 bridgehead atoms. The molecule has 6 heteroatoms.